The topological polar surface area (TPSA) is 206 Å². The standard InChI is InChI=1S/C25H24ClN5O3.C20H19ClN6.C9H11NO5/c1-25(8-9-25)34-24(32)31-16-4-5-17(31)13-18(12-16)30-10-7-19-22(30)28-14-29-23(19)33-21-6-3-15(27-2)11-20(21)26;1-22-12-4-5-18(17(21)10-12)26-19-16-6-7-27(20(16)24-11-23-19)15-8-13-2-3-14(9-15)25-13;1-9(4-5-9)14-8(13)15-10-6(11)2-3-7(10)12/h3,6-7,10-11,14,16-18H,4-5,8-9,12-13H2,1H3;4-7,10-11,13-15,25H,2-3,8-9H2,(H,23,24,26);2-5H2,1H3. The van der Waals surface area contributed by atoms with Gasteiger partial charge in [-0.15, -0.1) is 0 Å². The Hall–Kier alpha value is -7.52. The van der Waals surface area contributed by atoms with E-state index < -0.39 is 23.6 Å². The second-order valence-corrected chi connectivity index (χ2v) is 21.8. The summed E-state index contributed by atoms with van der Waals surface area (Å²) in [6.07, 6.45) is 18.4. The highest BCUT2D eigenvalue weighted by Crippen LogP contribution is 2.46. The molecule has 76 heavy (non-hydrogen) atoms. The number of nitrogens with zero attached hydrogens (tertiary/aromatic N) is 10. The summed E-state index contributed by atoms with van der Waals surface area (Å²) in [7, 11) is 0. The largest absolute Gasteiger partial charge is 0.534 e. The van der Waals surface area contributed by atoms with Gasteiger partial charge in [0, 0.05) is 61.5 Å². The Labute approximate surface area is 447 Å². The molecular formula is C54H54Cl2N12O8. The van der Waals surface area contributed by atoms with Crippen LogP contribution in [0.1, 0.15) is 116 Å². The number of fused-ring (bicyclic) bond motifs is 6. The summed E-state index contributed by atoms with van der Waals surface area (Å²) in [5, 5.41) is 10.1. The van der Waals surface area contributed by atoms with Gasteiger partial charge in [0.2, 0.25) is 5.88 Å². The summed E-state index contributed by atoms with van der Waals surface area (Å²) in [5.74, 6) is 0.586. The minimum Gasteiger partial charge on any atom is -0.443 e. The zero-order valence-corrected chi connectivity index (χ0v) is 43.3. The zero-order valence-electron chi connectivity index (χ0n) is 41.8. The molecule has 7 fully saturated rings. The van der Waals surface area contributed by atoms with E-state index in [0.29, 0.717) is 56.2 Å². The van der Waals surface area contributed by atoms with Gasteiger partial charge in [-0.3, -0.25) is 14.4 Å². The predicted octanol–water partition coefficient (Wildman–Crippen LogP) is 11.9. The number of carbonyl (C=O) groups is 4. The lowest BCUT2D eigenvalue weighted by Gasteiger charge is -2.39. The fraction of sp³-hybridized carbons (Fsp3) is 0.444. The van der Waals surface area contributed by atoms with Crippen LogP contribution in [0, 0.1) is 13.1 Å². The molecule has 5 saturated heterocycles. The number of carbonyl (C=O) groups excluding carboxylic acids is 4. The van der Waals surface area contributed by atoms with Crippen LogP contribution >= 0.6 is 23.2 Å². The van der Waals surface area contributed by atoms with E-state index in [1.54, 1.807) is 43.6 Å². The highest BCUT2D eigenvalue weighted by Gasteiger charge is 2.49. The fourth-order valence-corrected chi connectivity index (χ4v) is 11.4. The molecule has 9 heterocycles. The molecule has 392 valence electrons. The van der Waals surface area contributed by atoms with Crippen molar-refractivity contribution in [1.29, 1.82) is 0 Å². The number of hydroxylamine groups is 2. The quantitative estimate of drug-likeness (QED) is 0.0785. The minimum atomic E-state index is -0.987. The molecule has 20 nitrogen and oxygen atoms in total. The summed E-state index contributed by atoms with van der Waals surface area (Å²) >= 11 is 12.6. The molecule has 0 spiro atoms. The van der Waals surface area contributed by atoms with Gasteiger partial charge in [0.15, 0.2) is 11.4 Å². The van der Waals surface area contributed by atoms with Crippen LogP contribution in [0.5, 0.6) is 11.6 Å². The molecule has 4 unspecified atom stereocenters. The lowest BCUT2D eigenvalue weighted by molar-refractivity contribution is -0.179. The third kappa shape index (κ3) is 10.7. The lowest BCUT2D eigenvalue weighted by atomic mass is 9.97. The number of amides is 3. The second-order valence-electron chi connectivity index (χ2n) is 21.0. The highest BCUT2D eigenvalue weighted by molar-refractivity contribution is 6.33. The van der Waals surface area contributed by atoms with Crippen LogP contribution in [-0.2, 0) is 23.9 Å². The van der Waals surface area contributed by atoms with E-state index in [2.05, 4.69) is 66.5 Å². The molecule has 2 N–H and O–H groups in total. The smallest absolute Gasteiger partial charge is 0.443 e. The Balaban J connectivity index is 0.000000131. The molecule has 4 aromatic heterocycles. The van der Waals surface area contributed by atoms with E-state index in [-0.39, 0.29) is 42.7 Å². The first-order valence-corrected chi connectivity index (χ1v) is 26.4. The van der Waals surface area contributed by atoms with Gasteiger partial charge in [0.25, 0.3) is 11.8 Å². The third-order valence-electron chi connectivity index (χ3n) is 15.5. The SMILES string of the molecule is CC1(OC(=O)ON2C(=O)CCC2=O)CC1.[C-]#[N+]c1ccc(Nc2ncnc3c2ccn3C2CC3CCC(C2)N3)c(Cl)c1.[C-]#[N+]c1ccc(Oc2ncnc3c2ccn3C2CC3CCC(C2)N3C(=O)OC2(C)CC2)c(Cl)c1. The Kier molecular flexibility index (Phi) is 13.7. The molecular weight excluding hydrogens is 1020 g/mol. The fourth-order valence-electron chi connectivity index (χ4n) is 10.9. The van der Waals surface area contributed by atoms with Gasteiger partial charge >= 0.3 is 12.2 Å². The van der Waals surface area contributed by atoms with Crippen molar-refractivity contribution in [2.24, 2.45) is 0 Å². The van der Waals surface area contributed by atoms with Crippen LogP contribution in [0.15, 0.2) is 73.6 Å². The van der Waals surface area contributed by atoms with E-state index in [4.69, 9.17) is 50.6 Å². The molecule has 13 rings (SSSR count). The first-order chi connectivity index (χ1) is 36.6. The normalized spacial score (nSPS) is 24.1. The summed E-state index contributed by atoms with van der Waals surface area (Å²) in [6.45, 7) is 18.0. The number of hydrogen-bond acceptors (Lipinski definition) is 14. The van der Waals surface area contributed by atoms with Crippen molar-refractivity contribution in [2.75, 3.05) is 5.32 Å². The maximum absolute atomic E-state index is 12.8. The molecule has 4 bridgehead atoms. The van der Waals surface area contributed by atoms with Crippen molar-refractivity contribution >= 4 is 92.2 Å². The van der Waals surface area contributed by atoms with E-state index in [0.717, 1.165) is 97.8 Å². The van der Waals surface area contributed by atoms with Gasteiger partial charge in [-0.2, -0.15) is 0 Å². The second kappa shape index (κ2) is 20.5. The molecule has 2 aromatic carbocycles. The van der Waals surface area contributed by atoms with E-state index in [9.17, 15) is 19.2 Å². The van der Waals surface area contributed by atoms with E-state index in [1.807, 2.05) is 30.2 Å². The number of rotatable bonds is 9. The van der Waals surface area contributed by atoms with Crippen LogP contribution in [0.2, 0.25) is 10.0 Å². The lowest BCUT2D eigenvalue weighted by Crippen LogP contribution is -2.48. The van der Waals surface area contributed by atoms with Crippen molar-refractivity contribution in [3.63, 3.8) is 0 Å². The summed E-state index contributed by atoms with van der Waals surface area (Å²) in [5.41, 5.74) is 2.73. The summed E-state index contributed by atoms with van der Waals surface area (Å²) in [6, 6.07) is 16.5. The van der Waals surface area contributed by atoms with Crippen molar-refractivity contribution in [2.45, 2.75) is 151 Å². The van der Waals surface area contributed by atoms with Gasteiger partial charge in [0.1, 0.15) is 46.7 Å². The molecule has 3 amide bonds. The number of aromatic nitrogens is 6. The van der Waals surface area contributed by atoms with Crippen molar-refractivity contribution in [1.82, 2.24) is 44.4 Å². The van der Waals surface area contributed by atoms with Gasteiger partial charge in [-0.25, -0.2) is 39.2 Å². The molecule has 0 radical (unpaired) electrons. The number of anilines is 2. The number of hydrogen-bond donors (Lipinski definition) is 2. The Morgan fingerprint density at radius 3 is 1.87 bits per heavy atom. The van der Waals surface area contributed by atoms with Crippen LogP contribution < -0.4 is 15.4 Å². The van der Waals surface area contributed by atoms with Crippen LogP contribution in [0.25, 0.3) is 31.8 Å². The Morgan fingerprint density at radius 2 is 1.26 bits per heavy atom. The average molecular weight is 1070 g/mol. The van der Waals surface area contributed by atoms with Crippen molar-refractivity contribution in [3.8, 4) is 11.6 Å². The maximum atomic E-state index is 12.8. The molecule has 4 atom stereocenters. The number of halogens is 2. The number of piperidine rings is 2. The predicted molar refractivity (Wildman–Crippen MR) is 279 cm³/mol. The van der Waals surface area contributed by atoms with Gasteiger partial charge < -0.3 is 38.9 Å². The molecule has 2 aliphatic carbocycles. The molecule has 2 saturated carbocycles. The van der Waals surface area contributed by atoms with E-state index >= 15 is 0 Å². The van der Waals surface area contributed by atoms with Gasteiger partial charge in [-0.05, 0) is 127 Å². The average Bonchev–Trinajstić information content (AvgIpc) is 3.92. The summed E-state index contributed by atoms with van der Waals surface area (Å²) in [4.78, 5) is 77.3. The Bertz CT molecular complexity index is 3320. The first-order valence-electron chi connectivity index (χ1n) is 25.6. The molecule has 22 heteroatoms. The number of benzene rings is 2. The number of ether oxygens (including phenoxy) is 3. The third-order valence-corrected chi connectivity index (χ3v) is 16.1. The number of nitrogens with one attached hydrogen (secondary N) is 2. The highest BCUT2D eigenvalue weighted by atomic mass is 35.5. The Morgan fingerprint density at radius 1 is 0.697 bits per heavy atom. The minimum absolute atomic E-state index is 0.0867. The van der Waals surface area contributed by atoms with Gasteiger partial charge in [-0.1, -0.05) is 40.4 Å². The maximum Gasteiger partial charge on any atom is 0.534 e. The zero-order chi connectivity index (χ0) is 52.9. The molecule has 6 aromatic rings. The monoisotopic (exact) mass is 1070 g/mol. The van der Waals surface area contributed by atoms with Crippen LogP contribution in [-0.4, -0.2) is 98.5 Å². The number of imide groups is 1. The summed E-state index contributed by atoms with van der Waals surface area (Å²) < 4.78 is 21.2. The van der Waals surface area contributed by atoms with Crippen molar-refractivity contribution in [3.05, 3.63) is 106 Å². The van der Waals surface area contributed by atoms with Gasteiger partial charge in [0.05, 0.1) is 39.6 Å². The van der Waals surface area contributed by atoms with E-state index in [1.165, 1.54) is 19.2 Å². The van der Waals surface area contributed by atoms with Crippen LogP contribution in [0.4, 0.5) is 32.5 Å². The van der Waals surface area contributed by atoms with Crippen LogP contribution in [0.3, 0.4) is 0 Å². The molecule has 5 aliphatic heterocycles. The van der Waals surface area contributed by atoms with Crippen molar-refractivity contribution < 1.29 is 38.2 Å². The molecule has 7 aliphatic rings. The first kappa shape index (κ1) is 50.6.